The maximum absolute atomic E-state index is 13.4. The first-order chi connectivity index (χ1) is 11.2. The fourth-order valence-electron chi connectivity index (χ4n) is 4.18. The number of hydrogen-bond acceptors (Lipinski definition) is 3. The third-order valence-electron chi connectivity index (χ3n) is 5.27. The summed E-state index contributed by atoms with van der Waals surface area (Å²) in [5, 5.41) is 5.72. The van der Waals surface area contributed by atoms with Gasteiger partial charge in [-0.15, -0.1) is 0 Å². The summed E-state index contributed by atoms with van der Waals surface area (Å²) in [6.07, 6.45) is -0.0153. The first-order valence-electron chi connectivity index (χ1n) is 9.04. The molecule has 4 nitrogen and oxygen atoms in total. The lowest BCUT2D eigenvalue weighted by Gasteiger charge is -2.37. The Morgan fingerprint density at radius 3 is 2.29 bits per heavy atom. The second-order valence-electron chi connectivity index (χ2n) is 7.64. The Hall–Kier alpha value is -0.820. The van der Waals surface area contributed by atoms with Gasteiger partial charge in [-0.1, -0.05) is 26.7 Å². The molecule has 1 saturated heterocycles. The van der Waals surface area contributed by atoms with Crippen molar-refractivity contribution in [2.45, 2.75) is 58.2 Å². The molecule has 0 spiro atoms. The Morgan fingerprint density at radius 2 is 1.79 bits per heavy atom. The van der Waals surface area contributed by atoms with Crippen LogP contribution in [0.1, 0.15) is 46.0 Å². The minimum Gasteiger partial charge on any atom is -0.354 e. The van der Waals surface area contributed by atoms with Gasteiger partial charge in [-0.3, -0.25) is 9.69 Å². The molecular formula is C17H30F3N3O. The van der Waals surface area contributed by atoms with Gasteiger partial charge in [0.1, 0.15) is 6.04 Å². The molecule has 1 amide bonds. The smallest absolute Gasteiger partial charge is 0.354 e. The lowest BCUT2D eigenvalue weighted by molar-refractivity contribution is -0.184. The van der Waals surface area contributed by atoms with Crippen LogP contribution in [0.2, 0.25) is 0 Å². The van der Waals surface area contributed by atoms with Crippen LogP contribution in [0.5, 0.6) is 0 Å². The SMILES string of the molecule is CC(C)CC1(C(=O)NCC(N2CCNCC2)C(F)(F)F)CCCC1. The van der Waals surface area contributed by atoms with E-state index in [-0.39, 0.29) is 12.5 Å². The van der Waals surface area contributed by atoms with Crippen LogP contribution >= 0.6 is 0 Å². The van der Waals surface area contributed by atoms with Crippen LogP contribution in [0.25, 0.3) is 0 Å². The molecule has 0 aromatic carbocycles. The average molecular weight is 349 g/mol. The number of carbonyl (C=O) groups excluding carboxylic acids is 1. The fraction of sp³-hybridized carbons (Fsp3) is 0.941. The summed E-state index contributed by atoms with van der Waals surface area (Å²) in [7, 11) is 0. The lowest BCUT2D eigenvalue weighted by atomic mass is 9.77. The highest BCUT2D eigenvalue weighted by Crippen LogP contribution is 2.43. The van der Waals surface area contributed by atoms with E-state index < -0.39 is 17.6 Å². The number of nitrogens with one attached hydrogen (secondary N) is 2. The van der Waals surface area contributed by atoms with Gasteiger partial charge in [0.2, 0.25) is 5.91 Å². The van der Waals surface area contributed by atoms with E-state index in [1.807, 2.05) is 0 Å². The van der Waals surface area contributed by atoms with Crippen molar-refractivity contribution >= 4 is 5.91 Å². The minimum absolute atomic E-state index is 0.182. The summed E-state index contributed by atoms with van der Waals surface area (Å²) < 4.78 is 40.3. The zero-order chi connectivity index (χ0) is 17.8. The molecule has 1 atom stereocenters. The summed E-state index contributed by atoms with van der Waals surface area (Å²) in [4.78, 5) is 14.1. The van der Waals surface area contributed by atoms with Crippen LogP contribution < -0.4 is 10.6 Å². The van der Waals surface area contributed by atoms with Crippen molar-refractivity contribution in [1.82, 2.24) is 15.5 Å². The van der Waals surface area contributed by atoms with E-state index in [1.54, 1.807) is 0 Å². The van der Waals surface area contributed by atoms with Crippen molar-refractivity contribution < 1.29 is 18.0 Å². The molecule has 1 saturated carbocycles. The number of hydrogen-bond donors (Lipinski definition) is 2. The summed E-state index contributed by atoms with van der Waals surface area (Å²) in [6, 6.07) is -1.60. The van der Waals surface area contributed by atoms with Gasteiger partial charge >= 0.3 is 6.18 Å². The number of piperazine rings is 1. The van der Waals surface area contributed by atoms with E-state index in [1.165, 1.54) is 4.90 Å². The van der Waals surface area contributed by atoms with E-state index in [9.17, 15) is 18.0 Å². The molecule has 0 aromatic heterocycles. The molecule has 2 aliphatic rings. The van der Waals surface area contributed by atoms with Crippen LogP contribution in [0.15, 0.2) is 0 Å². The summed E-state index contributed by atoms with van der Waals surface area (Å²) in [5.41, 5.74) is -0.465. The molecule has 24 heavy (non-hydrogen) atoms. The van der Waals surface area contributed by atoms with Crippen molar-refractivity contribution in [1.29, 1.82) is 0 Å². The molecule has 2 fully saturated rings. The van der Waals surface area contributed by atoms with Crippen LogP contribution in [0.4, 0.5) is 13.2 Å². The summed E-state index contributed by atoms with van der Waals surface area (Å²) >= 11 is 0. The average Bonchev–Trinajstić information content (AvgIpc) is 2.96. The molecular weight excluding hydrogens is 319 g/mol. The van der Waals surface area contributed by atoms with Gasteiger partial charge in [0.15, 0.2) is 0 Å². The Kier molecular flexibility index (Phi) is 6.53. The largest absolute Gasteiger partial charge is 0.405 e. The van der Waals surface area contributed by atoms with Crippen LogP contribution in [0.3, 0.4) is 0 Å². The van der Waals surface area contributed by atoms with Crippen molar-refractivity contribution in [3.05, 3.63) is 0 Å². The number of alkyl halides is 3. The molecule has 1 aliphatic heterocycles. The third kappa shape index (κ3) is 4.85. The van der Waals surface area contributed by atoms with Gasteiger partial charge in [-0.25, -0.2) is 0 Å². The molecule has 2 rings (SSSR count). The molecule has 140 valence electrons. The van der Waals surface area contributed by atoms with E-state index in [0.29, 0.717) is 32.1 Å². The van der Waals surface area contributed by atoms with Crippen molar-refractivity contribution in [2.24, 2.45) is 11.3 Å². The Balaban J connectivity index is 2.00. The Labute approximate surface area is 142 Å². The predicted molar refractivity (Wildman–Crippen MR) is 87.7 cm³/mol. The molecule has 0 aromatic rings. The van der Waals surface area contributed by atoms with Gasteiger partial charge in [0, 0.05) is 38.1 Å². The second kappa shape index (κ2) is 8.04. The van der Waals surface area contributed by atoms with Gasteiger partial charge in [0.25, 0.3) is 0 Å². The summed E-state index contributed by atoms with van der Waals surface area (Å²) in [6.45, 7) is 5.60. The van der Waals surface area contributed by atoms with Crippen molar-refractivity contribution in [2.75, 3.05) is 32.7 Å². The van der Waals surface area contributed by atoms with E-state index in [4.69, 9.17) is 0 Å². The van der Waals surface area contributed by atoms with Crippen molar-refractivity contribution in [3.63, 3.8) is 0 Å². The lowest BCUT2D eigenvalue weighted by Crippen LogP contribution is -2.58. The predicted octanol–water partition coefficient (Wildman–Crippen LogP) is 2.55. The van der Waals surface area contributed by atoms with Gasteiger partial charge in [-0.05, 0) is 25.2 Å². The highest BCUT2D eigenvalue weighted by Gasteiger charge is 2.46. The molecule has 1 aliphatic carbocycles. The van der Waals surface area contributed by atoms with Gasteiger partial charge in [-0.2, -0.15) is 13.2 Å². The summed E-state index contributed by atoms with van der Waals surface area (Å²) in [5.74, 6) is 0.179. The zero-order valence-electron chi connectivity index (χ0n) is 14.7. The van der Waals surface area contributed by atoms with Crippen LogP contribution in [0, 0.1) is 11.3 Å². The van der Waals surface area contributed by atoms with E-state index >= 15 is 0 Å². The van der Waals surface area contributed by atoms with E-state index in [0.717, 1.165) is 32.1 Å². The normalized spacial score (nSPS) is 23.4. The monoisotopic (exact) mass is 349 g/mol. The number of amides is 1. The van der Waals surface area contributed by atoms with Crippen LogP contribution in [-0.4, -0.2) is 55.7 Å². The Morgan fingerprint density at radius 1 is 1.21 bits per heavy atom. The van der Waals surface area contributed by atoms with Gasteiger partial charge < -0.3 is 10.6 Å². The molecule has 1 heterocycles. The number of rotatable bonds is 6. The minimum atomic E-state index is -4.33. The quantitative estimate of drug-likeness (QED) is 0.775. The van der Waals surface area contributed by atoms with E-state index in [2.05, 4.69) is 24.5 Å². The molecule has 1 unspecified atom stereocenters. The third-order valence-corrected chi connectivity index (χ3v) is 5.27. The highest BCUT2D eigenvalue weighted by atomic mass is 19.4. The molecule has 0 radical (unpaired) electrons. The maximum Gasteiger partial charge on any atom is 0.405 e. The topological polar surface area (TPSA) is 44.4 Å². The standard InChI is InChI=1S/C17H30F3N3O/c1-13(2)11-16(5-3-4-6-16)15(24)22-12-14(17(18,19)20)23-9-7-21-8-10-23/h13-14,21H,3-12H2,1-2H3,(H,22,24). The first-order valence-corrected chi connectivity index (χ1v) is 9.04. The van der Waals surface area contributed by atoms with Gasteiger partial charge in [0.05, 0.1) is 0 Å². The second-order valence-corrected chi connectivity index (χ2v) is 7.64. The number of carbonyl (C=O) groups is 1. The zero-order valence-corrected chi connectivity index (χ0v) is 14.7. The number of halogens is 3. The first kappa shape index (κ1) is 19.5. The van der Waals surface area contributed by atoms with Crippen molar-refractivity contribution in [3.8, 4) is 0 Å². The molecule has 0 bridgehead atoms. The molecule has 7 heteroatoms. The Bertz CT molecular complexity index is 414. The number of nitrogens with zero attached hydrogens (tertiary/aromatic N) is 1. The van der Waals surface area contributed by atoms with Crippen LogP contribution in [-0.2, 0) is 4.79 Å². The molecule has 2 N–H and O–H groups in total. The fourth-order valence-corrected chi connectivity index (χ4v) is 4.18. The maximum atomic E-state index is 13.4. The highest BCUT2D eigenvalue weighted by molar-refractivity contribution is 5.83.